The van der Waals surface area contributed by atoms with E-state index in [0.717, 1.165) is 32.3 Å². The average molecular weight is 202 g/mol. The van der Waals surface area contributed by atoms with Crippen molar-refractivity contribution in [1.29, 1.82) is 0 Å². The van der Waals surface area contributed by atoms with Crippen LogP contribution in [-0.4, -0.2) is 37.6 Å². The first kappa shape index (κ1) is 12.0. The molecule has 1 aliphatic carbocycles. The van der Waals surface area contributed by atoms with Gasteiger partial charge in [0.25, 0.3) is 0 Å². The van der Waals surface area contributed by atoms with Gasteiger partial charge in [-0.15, -0.1) is 0 Å². The van der Waals surface area contributed by atoms with E-state index >= 15 is 0 Å². The van der Waals surface area contributed by atoms with Crippen LogP contribution in [-0.2, 0) is 9.47 Å². The number of methoxy groups -OCH3 is 1. The van der Waals surface area contributed by atoms with Crippen LogP contribution < -0.4 is 0 Å². The fraction of sp³-hybridized carbons (Fsp3) is 1.00. The summed E-state index contributed by atoms with van der Waals surface area (Å²) in [5, 5.41) is 9.69. The summed E-state index contributed by atoms with van der Waals surface area (Å²) in [7, 11) is 1.69. The van der Waals surface area contributed by atoms with E-state index in [4.69, 9.17) is 9.47 Å². The van der Waals surface area contributed by atoms with Crippen molar-refractivity contribution in [3.63, 3.8) is 0 Å². The fourth-order valence-corrected chi connectivity index (χ4v) is 1.93. The highest BCUT2D eigenvalue weighted by Crippen LogP contribution is 2.26. The second-order valence-electron chi connectivity index (χ2n) is 4.24. The molecule has 0 spiro atoms. The molecule has 1 rings (SSSR count). The fourth-order valence-electron chi connectivity index (χ4n) is 1.93. The normalized spacial score (nSPS) is 33.2. The van der Waals surface area contributed by atoms with Gasteiger partial charge in [0, 0.05) is 20.3 Å². The van der Waals surface area contributed by atoms with Gasteiger partial charge < -0.3 is 14.6 Å². The molecule has 0 saturated heterocycles. The van der Waals surface area contributed by atoms with E-state index in [1.165, 1.54) is 0 Å². The lowest BCUT2D eigenvalue weighted by molar-refractivity contribution is -0.0723. The second kappa shape index (κ2) is 6.38. The van der Waals surface area contributed by atoms with Gasteiger partial charge in [0.1, 0.15) is 0 Å². The monoisotopic (exact) mass is 202 g/mol. The summed E-state index contributed by atoms with van der Waals surface area (Å²) in [6.45, 7) is 3.65. The van der Waals surface area contributed by atoms with Crippen molar-refractivity contribution in [2.24, 2.45) is 5.92 Å². The van der Waals surface area contributed by atoms with Crippen LogP contribution in [0.4, 0.5) is 0 Å². The van der Waals surface area contributed by atoms with Gasteiger partial charge >= 0.3 is 0 Å². The van der Waals surface area contributed by atoms with Crippen molar-refractivity contribution in [2.75, 3.05) is 20.3 Å². The topological polar surface area (TPSA) is 38.7 Å². The van der Waals surface area contributed by atoms with Gasteiger partial charge in [-0.2, -0.15) is 0 Å². The van der Waals surface area contributed by atoms with Crippen molar-refractivity contribution >= 4 is 0 Å². The van der Waals surface area contributed by atoms with Crippen molar-refractivity contribution in [3.8, 4) is 0 Å². The molecule has 0 radical (unpaired) electrons. The number of aliphatic hydroxyl groups is 1. The number of rotatable bonds is 5. The van der Waals surface area contributed by atoms with E-state index < -0.39 is 0 Å². The van der Waals surface area contributed by atoms with Crippen LogP contribution in [0.15, 0.2) is 0 Å². The second-order valence-corrected chi connectivity index (χ2v) is 4.24. The van der Waals surface area contributed by atoms with E-state index in [-0.39, 0.29) is 12.2 Å². The molecule has 0 aliphatic heterocycles. The van der Waals surface area contributed by atoms with Crippen LogP contribution >= 0.6 is 0 Å². The number of hydrogen-bond donors (Lipinski definition) is 1. The molecule has 1 aliphatic rings. The zero-order valence-electron chi connectivity index (χ0n) is 9.24. The highest BCUT2D eigenvalue weighted by Gasteiger charge is 2.27. The lowest BCUT2D eigenvalue weighted by atomic mass is 9.86. The first-order chi connectivity index (χ1) is 6.74. The lowest BCUT2D eigenvalue weighted by Gasteiger charge is -2.31. The van der Waals surface area contributed by atoms with Crippen molar-refractivity contribution < 1.29 is 14.6 Å². The van der Waals surface area contributed by atoms with Gasteiger partial charge in [0.15, 0.2) is 0 Å². The average Bonchev–Trinajstić information content (AvgIpc) is 2.18. The summed E-state index contributed by atoms with van der Waals surface area (Å²) in [5.41, 5.74) is 0. The lowest BCUT2D eigenvalue weighted by Crippen LogP contribution is -2.35. The van der Waals surface area contributed by atoms with Gasteiger partial charge in [-0.25, -0.2) is 0 Å². The quantitative estimate of drug-likeness (QED) is 0.688. The molecule has 1 fully saturated rings. The molecule has 1 saturated carbocycles. The SMILES string of the molecule is COCCCOC1CC(C)CCC1O. The summed E-state index contributed by atoms with van der Waals surface area (Å²) in [6, 6.07) is 0. The number of aliphatic hydroxyl groups excluding tert-OH is 1. The minimum absolute atomic E-state index is 0.0515. The van der Waals surface area contributed by atoms with Gasteiger partial charge in [-0.05, 0) is 31.6 Å². The van der Waals surface area contributed by atoms with Gasteiger partial charge in [0.2, 0.25) is 0 Å². The largest absolute Gasteiger partial charge is 0.390 e. The minimum Gasteiger partial charge on any atom is -0.390 e. The van der Waals surface area contributed by atoms with Crippen LogP contribution in [0.2, 0.25) is 0 Å². The summed E-state index contributed by atoms with van der Waals surface area (Å²) < 4.78 is 10.6. The van der Waals surface area contributed by atoms with E-state index in [2.05, 4.69) is 6.92 Å². The molecule has 0 heterocycles. The highest BCUT2D eigenvalue weighted by molar-refractivity contribution is 4.78. The Kier molecular flexibility index (Phi) is 5.45. The Balaban J connectivity index is 2.14. The molecule has 3 heteroatoms. The van der Waals surface area contributed by atoms with E-state index in [1.54, 1.807) is 7.11 Å². The van der Waals surface area contributed by atoms with Crippen LogP contribution in [0, 0.1) is 5.92 Å². The molecule has 84 valence electrons. The molecule has 0 aromatic rings. The van der Waals surface area contributed by atoms with Gasteiger partial charge in [0.05, 0.1) is 12.2 Å². The van der Waals surface area contributed by atoms with Crippen LogP contribution in [0.1, 0.15) is 32.6 Å². The molecular formula is C11H22O3. The molecule has 0 bridgehead atoms. The first-order valence-corrected chi connectivity index (χ1v) is 5.52. The highest BCUT2D eigenvalue weighted by atomic mass is 16.5. The molecule has 14 heavy (non-hydrogen) atoms. The molecule has 0 aromatic carbocycles. The molecule has 3 unspecified atom stereocenters. The van der Waals surface area contributed by atoms with Crippen LogP contribution in [0.3, 0.4) is 0 Å². The Morgan fingerprint density at radius 1 is 1.29 bits per heavy atom. The maximum atomic E-state index is 9.69. The minimum atomic E-state index is -0.256. The van der Waals surface area contributed by atoms with Gasteiger partial charge in [-0.3, -0.25) is 0 Å². The molecule has 0 aromatic heterocycles. The maximum absolute atomic E-state index is 9.69. The Morgan fingerprint density at radius 2 is 2.07 bits per heavy atom. The number of ether oxygens (including phenoxy) is 2. The first-order valence-electron chi connectivity index (χ1n) is 5.52. The summed E-state index contributed by atoms with van der Waals surface area (Å²) >= 11 is 0. The van der Waals surface area contributed by atoms with E-state index in [0.29, 0.717) is 12.5 Å². The summed E-state index contributed by atoms with van der Waals surface area (Å²) in [5.74, 6) is 0.686. The zero-order chi connectivity index (χ0) is 10.4. The summed E-state index contributed by atoms with van der Waals surface area (Å²) in [4.78, 5) is 0. The van der Waals surface area contributed by atoms with E-state index in [9.17, 15) is 5.11 Å². The molecule has 0 amide bonds. The predicted octanol–water partition coefficient (Wildman–Crippen LogP) is 1.59. The molecule has 1 N–H and O–H groups in total. The molecular weight excluding hydrogens is 180 g/mol. The van der Waals surface area contributed by atoms with Crippen LogP contribution in [0.25, 0.3) is 0 Å². The Bertz CT molecular complexity index is 149. The Morgan fingerprint density at radius 3 is 2.79 bits per heavy atom. The molecule has 3 nitrogen and oxygen atoms in total. The van der Waals surface area contributed by atoms with E-state index in [1.807, 2.05) is 0 Å². The van der Waals surface area contributed by atoms with Gasteiger partial charge in [-0.1, -0.05) is 6.92 Å². The zero-order valence-corrected chi connectivity index (χ0v) is 9.24. The third-order valence-corrected chi connectivity index (χ3v) is 2.84. The third-order valence-electron chi connectivity index (χ3n) is 2.84. The van der Waals surface area contributed by atoms with Crippen LogP contribution in [0.5, 0.6) is 0 Å². The smallest absolute Gasteiger partial charge is 0.0836 e. The third kappa shape index (κ3) is 3.95. The number of hydrogen-bond acceptors (Lipinski definition) is 3. The maximum Gasteiger partial charge on any atom is 0.0836 e. The predicted molar refractivity (Wildman–Crippen MR) is 55.3 cm³/mol. The standard InChI is InChI=1S/C11H22O3/c1-9-4-5-10(12)11(8-9)14-7-3-6-13-2/h9-12H,3-8H2,1-2H3. The summed E-state index contributed by atoms with van der Waals surface area (Å²) in [6.07, 6.45) is 3.71. The van der Waals surface area contributed by atoms with Crippen molar-refractivity contribution in [3.05, 3.63) is 0 Å². The van der Waals surface area contributed by atoms with Crippen molar-refractivity contribution in [2.45, 2.75) is 44.8 Å². The Hall–Kier alpha value is -0.120. The Labute approximate surface area is 86.4 Å². The molecule has 3 atom stereocenters. The van der Waals surface area contributed by atoms with Crippen molar-refractivity contribution in [1.82, 2.24) is 0 Å².